The van der Waals surface area contributed by atoms with Crippen LogP contribution in [0.4, 0.5) is 0 Å². The second kappa shape index (κ2) is 7.37. The first-order valence-corrected chi connectivity index (χ1v) is 9.41. The van der Waals surface area contributed by atoms with Crippen LogP contribution in [0.3, 0.4) is 0 Å². The topological polar surface area (TPSA) is 24.9 Å². The van der Waals surface area contributed by atoms with Crippen LogP contribution >= 0.6 is 0 Å². The zero-order valence-electron chi connectivity index (χ0n) is 14.9. The summed E-state index contributed by atoms with van der Waals surface area (Å²) in [6.07, 6.45) is 8.88. The average Bonchev–Trinajstić information content (AvgIpc) is 3.07. The van der Waals surface area contributed by atoms with E-state index in [1.807, 2.05) is 12.4 Å². The van der Waals surface area contributed by atoms with E-state index in [9.17, 15) is 0 Å². The molecule has 0 saturated heterocycles. The number of nitrogens with one attached hydrogen (secondary N) is 1. The first kappa shape index (κ1) is 16.3. The van der Waals surface area contributed by atoms with Gasteiger partial charge in [-0.3, -0.25) is 4.98 Å². The van der Waals surface area contributed by atoms with Gasteiger partial charge < -0.3 is 5.32 Å². The SMILES string of the molecule is C[C@H](CCC1Cc2ccccc2C1)NCc1ccc2cnccc2c1. The van der Waals surface area contributed by atoms with E-state index < -0.39 is 0 Å². The molecule has 0 aliphatic heterocycles. The lowest BCUT2D eigenvalue weighted by Crippen LogP contribution is -2.26. The monoisotopic (exact) mass is 330 g/mol. The van der Waals surface area contributed by atoms with E-state index in [1.165, 1.54) is 42.0 Å². The molecule has 2 aromatic carbocycles. The molecular formula is C23H26N2. The first-order valence-electron chi connectivity index (χ1n) is 9.41. The van der Waals surface area contributed by atoms with Crippen molar-refractivity contribution in [2.24, 2.45) is 5.92 Å². The highest BCUT2D eigenvalue weighted by molar-refractivity contribution is 5.81. The quantitative estimate of drug-likeness (QED) is 0.695. The zero-order chi connectivity index (χ0) is 17.1. The molecule has 1 aromatic heterocycles. The Morgan fingerprint density at radius 2 is 1.84 bits per heavy atom. The minimum Gasteiger partial charge on any atom is -0.310 e. The number of benzene rings is 2. The molecule has 3 aromatic rings. The second-order valence-electron chi connectivity index (χ2n) is 7.46. The number of rotatable bonds is 6. The highest BCUT2D eigenvalue weighted by Crippen LogP contribution is 2.29. The molecule has 0 unspecified atom stereocenters. The molecule has 1 N–H and O–H groups in total. The van der Waals surface area contributed by atoms with E-state index in [1.54, 1.807) is 11.1 Å². The van der Waals surface area contributed by atoms with Crippen molar-refractivity contribution in [1.29, 1.82) is 0 Å². The van der Waals surface area contributed by atoms with E-state index in [-0.39, 0.29) is 0 Å². The van der Waals surface area contributed by atoms with Gasteiger partial charge in [0.05, 0.1) is 0 Å². The van der Waals surface area contributed by atoms with E-state index in [2.05, 4.69) is 65.8 Å². The van der Waals surface area contributed by atoms with Gasteiger partial charge in [0.1, 0.15) is 0 Å². The summed E-state index contributed by atoms with van der Waals surface area (Å²) in [5.41, 5.74) is 4.48. The Balaban J connectivity index is 1.26. The largest absolute Gasteiger partial charge is 0.310 e. The predicted molar refractivity (Wildman–Crippen MR) is 105 cm³/mol. The van der Waals surface area contributed by atoms with Gasteiger partial charge in [-0.1, -0.05) is 36.4 Å². The fourth-order valence-corrected chi connectivity index (χ4v) is 3.98. The van der Waals surface area contributed by atoms with Crippen molar-refractivity contribution in [3.8, 4) is 0 Å². The second-order valence-corrected chi connectivity index (χ2v) is 7.46. The van der Waals surface area contributed by atoms with Gasteiger partial charge >= 0.3 is 0 Å². The maximum atomic E-state index is 4.18. The molecule has 1 heterocycles. The molecule has 1 aliphatic rings. The molecule has 0 fully saturated rings. The van der Waals surface area contributed by atoms with Crippen LogP contribution in [0.15, 0.2) is 60.9 Å². The third kappa shape index (κ3) is 3.91. The van der Waals surface area contributed by atoms with Crippen molar-refractivity contribution < 1.29 is 0 Å². The Kier molecular flexibility index (Phi) is 4.80. The number of aromatic nitrogens is 1. The number of hydrogen-bond donors (Lipinski definition) is 1. The summed E-state index contributed by atoms with van der Waals surface area (Å²) >= 11 is 0. The van der Waals surface area contributed by atoms with Gasteiger partial charge in [0.25, 0.3) is 0 Å². The molecule has 2 nitrogen and oxygen atoms in total. The summed E-state index contributed by atoms with van der Waals surface area (Å²) in [7, 11) is 0. The van der Waals surface area contributed by atoms with Gasteiger partial charge in [0.15, 0.2) is 0 Å². The van der Waals surface area contributed by atoms with E-state index >= 15 is 0 Å². The van der Waals surface area contributed by atoms with Crippen LogP contribution in [-0.4, -0.2) is 11.0 Å². The molecule has 128 valence electrons. The number of pyridine rings is 1. The Hall–Kier alpha value is -2.19. The Labute approximate surface area is 150 Å². The lowest BCUT2D eigenvalue weighted by molar-refractivity contribution is 0.424. The van der Waals surface area contributed by atoms with Gasteiger partial charge in [-0.15, -0.1) is 0 Å². The summed E-state index contributed by atoms with van der Waals surface area (Å²) in [4.78, 5) is 4.18. The molecule has 0 spiro atoms. The molecule has 0 amide bonds. The molecule has 4 rings (SSSR count). The first-order chi connectivity index (χ1) is 12.3. The van der Waals surface area contributed by atoms with Crippen molar-refractivity contribution >= 4 is 10.8 Å². The van der Waals surface area contributed by atoms with Gasteiger partial charge in [0.2, 0.25) is 0 Å². The van der Waals surface area contributed by atoms with Crippen molar-refractivity contribution in [3.63, 3.8) is 0 Å². The van der Waals surface area contributed by atoms with Crippen LogP contribution in [0.1, 0.15) is 36.5 Å². The van der Waals surface area contributed by atoms with Crippen LogP contribution in [0.25, 0.3) is 10.8 Å². The molecule has 1 aliphatic carbocycles. The molecule has 0 bridgehead atoms. The van der Waals surface area contributed by atoms with Crippen LogP contribution in [0.5, 0.6) is 0 Å². The maximum absolute atomic E-state index is 4.18. The predicted octanol–water partition coefficient (Wildman–Crippen LogP) is 4.91. The minimum atomic E-state index is 0.553. The fraction of sp³-hybridized carbons (Fsp3) is 0.348. The van der Waals surface area contributed by atoms with E-state index in [4.69, 9.17) is 0 Å². The van der Waals surface area contributed by atoms with E-state index in [0.29, 0.717) is 6.04 Å². The third-order valence-electron chi connectivity index (χ3n) is 5.50. The van der Waals surface area contributed by atoms with Gasteiger partial charge in [0, 0.05) is 30.4 Å². The molecule has 0 radical (unpaired) electrons. The smallest absolute Gasteiger partial charge is 0.0346 e. The zero-order valence-corrected chi connectivity index (χ0v) is 14.9. The highest BCUT2D eigenvalue weighted by atomic mass is 14.9. The standard InChI is InChI=1S/C23H26N2/c1-17(6-7-18-12-20-4-2-3-5-21(20)13-18)25-15-19-8-9-23-16-24-11-10-22(23)14-19/h2-5,8-11,14,16-18,25H,6-7,12-13,15H2,1H3/t17-/m1/s1. The lowest BCUT2D eigenvalue weighted by atomic mass is 9.97. The van der Waals surface area contributed by atoms with Crippen molar-refractivity contribution in [1.82, 2.24) is 10.3 Å². The lowest BCUT2D eigenvalue weighted by Gasteiger charge is -2.16. The fourth-order valence-electron chi connectivity index (χ4n) is 3.98. The Morgan fingerprint density at radius 3 is 2.64 bits per heavy atom. The Bertz CT molecular complexity index is 830. The van der Waals surface area contributed by atoms with Gasteiger partial charge in [-0.05, 0) is 72.7 Å². The highest BCUT2D eigenvalue weighted by Gasteiger charge is 2.21. The summed E-state index contributed by atoms with van der Waals surface area (Å²) < 4.78 is 0. The Morgan fingerprint density at radius 1 is 1.04 bits per heavy atom. The van der Waals surface area contributed by atoms with Crippen LogP contribution < -0.4 is 5.32 Å². The number of nitrogens with zero attached hydrogens (tertiary/aromatic N) is 1. The summed E-state index contributed by atoms with van der Waals surface area (Å²) in [5.74, 6) is 0.829. The van der Waals surface area contributed by atoms with Crippen molar-refractivity contribution in [2.45, 2.75) is 45.2 Å². The summed E-state index contributed by atoms with van der Waals surface area (Å²) in [5, 5.41) is 6.17. The maximum Gasteiger partial charge on any atom is 0.0346 e. The summed E-state index contributed by atoms with van der Waals surface area (Å²) in [6, 6.07) is 18.2. The molecular weight excluding hydrogens is 304 g/mol. The summed E-state index contributed by atoms with van der Waals surface area (Å²) in [6.45, 7) is 3.25. The molecule has 25 heavy (non-hydrogen) atoms. The molecule has 1 atom stereocenters. The normalized spacial score (nSPS) is 15.4. The van der Waals surface area contributed by atoms with Crippen LogP contribution in [0, 0.1) is 5.92 Å². The number of hydrogen-bond acceptors (Lipinski definition) is 2. The van der Waals surface area contributed by atoms with Crippen LogP contribution in [0.2, 0.25) is 0 Å². The van der Waals surface area contributed by atoms with Crippen molar-refractivity contribution in [2.75, 3.05) is 0 Å². The number of fused-ring (bicyclic) bond motifs is 2. The third-order valence-corrected chi connectivity index (χ3v) is 5.50. The minimum absolute atomic E-state index is 0.553. The van der Waals surface area contributed by atoms with Crippen molar-refractivity contribution in [3.05, 3.63) is 77.6 Å². The van der Waals surface area contributed by atoms with E-state index in [0.717, 1.165) is 12.5 Å². The molecule has 0 saturated carbocycles. The average molecular weight is 330 g/mol. The van der Waals surface area contributed by atoms with Gasteiger partial charge in [-0.2, -0.15) is 0 Å². The van der Waals surface area contributed by atoms with Crippen LogP contribution in [-0.2, 0) is 19.4 Å². The molecule has 2 heteroatoms. The van der Waals surface area contributed by atoms with Gasteiger partial charge in [-0.25, -0.2) is 0 Å².